The van der Waals surface area contributed by atoms with Crippen molar-refractivity contribution in [3.05, 3.63) is 0 Å². The van der Waals surface area contributed by atoms with Crippen LogP contribution in [0, 0.1) is 5.41 Å². The predicted molar refractivity (Wildman–Crippen MR) is 59.9 cm³/mol. The molecule has 0 aromatic heterocycles. The van der Waals surface area contributed by atoms with E-state index in [0.717, 1.165) is 32.5 Å². The summed E-state index contributed by atoms with van der Waals surface area (Å²) in [5, 5.41) is 9.29. The Morgan fingerprint density at radius 2 is 2.12 bits per heavy atom. The molecule has 2 saturated heterocycles. The highest BCUT2D eigenvalue weighted by molar-refractivity contribution is 5.85. The van der Waals surface area contributed by atoms with Gasteiger partial charge in [-0.3, -0.25) is 9.69 Å². The van der Waals surface area contributed by atoms with E-state index in [1.807, 2.05) is 4.90 Å². The van der Waals surface area contributed by atoms with Gasteiger partial charge in [0, 0.05) is 25.7 Å². The monoisotopic (exact) mass is 224 g/mol. The van der Waals surface area contributed by atoms with Crippen LogP contribution in [0.25, 0.3) is 0 Å². The molecule has 1 aliphatic carbocycles. The Hall–Kier alpha value is -0.610. The Morgan fingerprint density at radius 1 is 1.31 bits per heavy atom. The maximum absolute atomic E-state index is 12.2. The third-order valence-electron chi connectivity index (χ3n) is 4.48. The number of carbonyl (C=O) groups excluding carboxylic acids is 1. The molecule has 1 N–H and O–H groups in total. The van der Waals surface area contributed by atoms with Crippen molar-refractivity contribution in [3.63, 3.8) is 0 Å². The molecule has 2 aliphatic heterocycles. The zero-order chi connectivity index (χ0) is 11.2. The van der Waals surface area contributed by atoms with Gasteiger partial charge in [0.25, 0.3) is 0 Å². The first-order valence-electron chi connectivity index (χ1n) is 6.39. The molecule has 2 heterocycles. The SMILES string of the molecule is O=C(N1CCN2CCCC2C1)C1(CO)CC1. The first kappa shape index (κ1) is 10.5. The van der Waals surface area contributed by atoms with E-state index in [4.69, 9.17) is 0 Å². The van der Waals surface area contributed by atoms with Crippen molar-refractivity contribution in [1.82, 2.24) is 9.80 Å². The van der Waals surface area contributed by atoms with Gasteiger partial charge >= 0.3 is 0 Å². The summed E-state index contributed by atoms with van der Waals surface area (Å²) in [7, 11) is 0. The quantitative estimate of drug-likeness (QED) is 0.721. The van der Waals surface area contributed by atoms with Crippen molar-refractivity contribution in [2.24, 2.45) is 5.41 Å². The molecule has 1 saturated carbocycles. The van der Waals surface area contributed by atoms with Gasteiger partial charge in [-0.2, -0.15) is 0 Å². The van der Waals surface area contributed by atoms with E-state index >= 15 is 0 Å². The van der Waals surface area contributed by atoms with Gasteiger partial charge in [-0.1, -0.05) is 0 Å². The summed E-state index contributed by atoms with van der Waals surface area (Å²) in [6, 6.07) is 0.590. The van der Waals surface area contributed by atoms with Crippen LogP contribution in [0.2, 0.25) is 0 Å². The summed E-state index contributed by atoms with van der Waals surface area (Å²) in [5.74, 6) is 0.210. The van der Waals surface area contributed by atoms with Crippen LogP contribution in [0.1, 0.15) is 25.7 Å². The Morgan fingerprint density at radius 3 is 2.81 bits per heavy atom. The van der Waals surface area contributed by atoms with E-state index in [0.29, 0.717) is 6.04 Å². The minimum absolute atomic E-state index is 0.0384. The van der Waals surface area contributed by atoms with Gasteiger partial charge in [0.05, 0.1) is 12.0 Å². The van der Waals surface area contributed by atoms with Crippen molar-refractivity contribution < 1.29 is 9.90 Å². The first-order chi connectivity index (χ1) is 7.75. The van der Waals surface area contributed by atoms with Crippen LogP contribution in [0.4, 0.5) is 0 Å². The third-order valence-corrected chi connectivity index (χ3v) is 4.48. The molecule has 1 amide bonds. The van der Waals surface area contributed by atoms with Crippen molar-refractivity contribution in [3.8, 4) is 0 Å². The highest BCUT2D eigenvalue weighted by Gasteiger charge is 2.52. The van der Waals surface area contributed by atoms with Crippen molar-refractivity contribution >= 4 is 5.91 Å². The Kier molecular flexibility index (Phi) is 2.44. The molecule has 4 heteroatoms. The smallest absolute Gasteiger partial charge is 0.231 e. The van der Waals surface area contributed by atoms with Crippen LogP contribution < -0.4 is 0 Å². The molecule has 3 aliphatic rings. The molecular weight excluding hydrogens is 204 g/mol. The molecule has 1 unspecified atom stereocenters. The van der Waals surface area contributed by atoms with Gasteiger partial charge in [0.15, 0.2) is 0 Å². The van der Waals surface area contributed by atoms with E-state index in [2.05, 4.69) is 4.90 Å². The van der Waals surface area contributed by atoms with Crippen LogP contribution in [0.15, 0.2) is 0 Å². The number of hydrogen-bond acceptors (Lipinski definition) is 3. The summed E-state index contributed by atoms with van der Waals surface area (Å²) >= 11 is 0. The highest BCUT2D eigenvalue weighted by Crippen LogP contribution is 2.47. The summed E-state index contributed by atoms with van der Waals surface area (Å²) in [6.07, 6.45) is 4.27. The van der Waals surface area contributed by atoms with Gasteiger partial charge in [-0.15, -0.1) is 0 Å². The summed E-state index contributed by atoms with van der Waals surface area (Å²) < 4.78 is 0. The Balaban J connectivity index is 1.65. The predicted octanol–water partition coefficient (Wildman–Crippen LogP) is 0.0655. The average molecular weight is 224 g/mol. The molecule has 90 valence electrons. The number of aliphatic hydroxyl groups excluding tert-OH is 1. The van der Waals surface area contributed by atoms with Crippen molar-refractivity contribution in [2.45, 2.75) is 31.7 Å². The lowest BCUT2D eigenvalue weighted by atomic mass is 10.0. The number of hydrogen-bond donors (Lipinski definition) is 1. The van der Waals surface area contributed by atoms with Gasteiger partial charge in [0.1, 0.15) is 0 Å². The fraction of sp³-hybridized carbons (Fsp3) is 0.917. The van der Waals surface area contributed by atoms with Crippen LogP contribution in [-0.4, -0.2) is 59.6 Å². The largest absolute Gasteiger partial charge is 0.395 e. The van der Waals surface area contributed by atoms with Crippen molar-refractivity contribution in [1.29, 1.82) is 0 Å². The molecule has 1 atom stereocenters. The van der Waals surface area contributed by atoms with Crippen molar-refractivity contribution in [2.75, 3.05) is 32.8 Å². The molecule has 0 bridgehead atoms. The van der Waals surface area contributed by atoms with Gasteiger partial charge in [-0.05, 0) is 32.2 Å². The lowest BCUT2D eigenvalue weighted by Crippen LogP contribution is -2.54. The second-order valence-electron chi connectivity index (χ2n) is 5.52. The van der Waals surface area contributed by atoms with Gasteiger partial charge in [0.2, 0.25) is 5.91 Å². The van der Waals surface area contributed by atoms with E-state index in [9.17, 15) is 9.90 Å². The number of nitrogens with zero attached hydrogens (tertiary/aromatic N) is 2. The fourth-order valence-corrected chi connectivity index (χ4v) is 3.10. The van der Waals surface area contributed by atoms with Crippen LogP contribution in [-0.2, 0) is 4.79 Å². The minimum Gasteiger partial charge on any atom is -0.395 e. The third kappa shape index (κ3) is 1.55. The molecule has 3 fully saturated rings. The second kappa shape index (κ2) is 3.70. The van der Waals surface area contributed by atoms with Crippen LogP contribution in [0.5, 0.6) is 0 Å². The zero-order valence-electron chi connectivity index (χ0n) is 9.69. The minimum atomic E-state index is -0.374. The number of amides is 1. The fourth-order valence-electron chi connectivity index (χ4n) is 3.10. The van der Waals surface area contributed by atoms with Gasteiger partial charge < -0.3 is 10.0 Å². The topological polar surface area (TPSA) is 43.8 Å². The normalized spacial score (nSPS) is 32.6. The number of carbonyl (C=O) groups is 1. The van der Waals surface area contributed by atoms with E-state index < -0.39 is 0 Å². The standard InChI is InChI=1S/C12H20N2O2/c15-9-12(3-4-12)11(16)14-7-6-13-5-1-2-10(13)8-14/h10,15H,1-9H2. The maximum Gasteiger partial charge on any atom is 0.231 e. The molecule has 0 radical (unpaired) electrons. The molecule has 0 aromatic rings. The van der Waals surface area contributed by atoms with E-state index in [-0.39, 0.29) is 17.9 Å². The highest BCUT2D eigenvalue weighted by atomic mass is 16.3. The Labute approximate surface area is 96.2 Å². The number of piperazine rings is 1. The first-order valence-corrected chi connectivity index (χ1v) is 6.39. The lowest BCUT2D eigenvalue weighted by Gasteiger charge is -2.38. The number of fused-ring (bicyclic) bond motifs is 1. The molecule has 0 spiro atoms. The molecular formula is C12H20N2O2. The molecule has 0 aromatic carbocycles. The molecule has 4 nitrogen and oxygen atoms in total. The average Bonchev–Trinajstić information content (AvgIpc) is 2.98. The zero-order valence-corrected chi connectivity index (χ0v) is 9.69. The summed E-state index contributed by atoms with van der Waals surface area (Å²) in [6.45, 7) is 4.02. The molecule has 3 rings (SSSR count). The molecule has 16 heavy (non-hydrogen) atoms. The maximum atomic E-state index is 12.2. The number of rotatable bonds is 2. The Bertz CT molecular complexity index is 301. The van der Waals surface area contributed by atoms with E-state index in [1.165, 1.54) is 19.4 Å². The summed E-state index contributed by atoms with van der Waals surface area (Å²) in [5.41, 5.74) is -0.374. The van der Waals surface area contributed by atoms with Crippen LogP contribution >= 0.6 is 0 Å². The van der Waals surface area contributed by atoms with E-state index in [1.54, 1.807) is 0 Å². The lowest BCUT2D eigenvalue weighted by molar-refractivity contribution is -0.141. The summed E-state index contributed by atoms with van der Waals surface area (Å²) in [4.78, 5) is 16.7. The van der Waals surface area contributed by atoms with Gasteiger partial charge in [-0.25, -0.2) is 0 Å². The number of aliphatic hydroxyl groups is 1. The van der Waals surface area contributed by atoms with Crippen LogP contribution in [0.3, 0.4) is 0 Å². The second-order valence-corrected chi connectivity index (χ2v) is 5.52.